The number of nitrogens with one attached hydrogen (secondary N) is 1. The molecule has 1 aromatic carbocycles. The Bertz CT molecular complexity index is 1090. The van der Waals surface area contributed by atoms with Crippen molar-refractivity contribution in [2.75, 3.05) is 23.1 Å². The maximum Gasteiger partial charge on any atom is 0.271 e. The number of nitrogens with zero attached hydrogens (tertiary/aromatic N) is 3. The first-order valence-corrected chi connectivity index (χ1v) is 12.6. The van der Waals surface area contributed by atoms with E-state index >= 15 is 0 Å². The summed E-state index contributed by atoms with van der Waals surface area (Å²) in [5, 5.41) is 8.21. The molecule has 1 aromatic heterocycles. The Morgan fingerprint density at radius 3 is 2.89 bits per heavy atom. The molecular formula is C17H18N4O4S3. The lowest BCUT2D eigenvalue weighted by atomic mass is 10.1. The monoisotopic (exact) mass is 438 g/mol. The number of hydrogen-bond donors (Lipinski definition) is 1. The number of thiazole rings is 1. The standard InChI is InChI=1S/C17H18N4O4S3/c1-26-17-19-12-3-2-10(8-14(12)27-17)18-16(23)13-4-5-15(22)21(20-13)11-6-7-28(24,25)9-11/h2-3,8,11H,4-7,9H2,1H3,(H,18,23)/t11-/m0/s1. The molecule has 1 atom stereocenters. The van der Waals surface area contributed by atoms with Gasteiger partial charge in [-0.15, -0.1) is 11.3 Å². The van der Waals surface area contributed by atoms with Crippen LogP contribution < -0.4 is 5.32 Å². The van der Waals surface area contributed by atoms with E-state index in [-0.39, 0.29) is 41.9 Å². The van der Waals surface area contributed by atoms with Gasteiger partial charge in [-0.25, -0.2) is 18.4 Å². The van der Waals surface area contributed by atoms with Crippen LogP contribution in [0.15, 0.2) is 27.6 Å². The van der Waals surface area contributed by atoms with E-state index in [9.17, 15) is 18.0 Å². The number of fused-ring (bicyclic) bond motifs is 1. The molecule has 2 aliphatic heterocycles. The lowest BCUT2D eigenvalue weighted by molar-refractivity contribution is -0.133. The first-order chi connectivity index (χ1) is 13.3. The normalized spacial score (nSPS) is 21.8. The summed E-state index contributed by atoms with van der Waals surface area (Å²) in [6, 6.07) is 5.00. The van der Waals surface area contributed by atoms with Crippen molar-refractivity contribution < 1.29 is 18.0 Å². The molecule has 1 fully saturated rings. The number of carbonyl (C=O) groups excluding carboxylic acids is 2. The van der Waals surface area contributed by atoms with Gasteiger partial charge in [-0.2, -0.15) is 5.10 Å². The van der Waals surface area contributed by atoms with E-state index in [0.29, 0.717) is 12.1 Å². The number of aromatic nitrogens is 1. The lowest BCUT2D eigenvalue weighted by Gasteiger charge is -2.27. The Morgan fingerprint density at radius 1 is 1.36 bits per heavy atom. The number of amides is 2. The average molecular weight is 439 g/mol. The first kappa shape index (κ1) is 19.3. The molecule has 0 aliphatic carbocycles. The van der Waals surface area contributed by atoms with Crippen molar-refractivity contribution in [1.29, 1.82) is 0 Å². The fourth-order valence-electron chi connectivity index (χ4n) is 3.26. The largest absolute Gasteiger partial charge is 0.321 e. The Kier molecular flexibility index (Phi) is 5.15. The number of sulfone groups is 1. The maximum absolute atomic E-state index is 12.6. The fourth-order valence-corrected chi connectivity index (χ4v) is 6.48. The average Bonchev–Trinajstić information content (AvgIpc) is 3.24. The summed E-state index contributed by atoms with van der Waals surface area (Å²) in [7, 11) is -3.15. The molecule has 148 valence electrons. The molecule has 0 radical (unpaired) electrons. The maximum atomic E-state index is 12.6. The van der Waals surface area contributed by atoms with Crippen molar-refractivity contribution >= 4 is 66.4 Å². The summed E-state index contributed by atoms with van der Waals surface area (Å²) < 4.78 is 25.3. The van der Waals surface area contributed by atoms with Gasteiger partial charge in [-0.1, -0.05) is 11.8 Å². The quantitative estimate of drug-likeness (QED) is 0.733. The molecule has 1 N–H and O–H groups in total. The number of hydrogen-bond acceptors (Lipinski definition) is 8. The van der Waals surface area contributed by atoms with Gasteiger partial charge >= 0.3 is 0 Å². The second-order valence-corrected chi connectivity index (χ2v) is 11.0. The molecule has 2 amide bonds. The van der Waals surface area contributed by atoms with Gasteiger partial charge in [0.15, 0.2) is 14.2 Å². The third-order valence-corrected chi connectivity index (χ3v) is 8.43. The van der Waals surface area contributed by atoms with Crippen molar-refractivity contribution in [3.05, 3.63) is 18.2 Å². The number of anilines is 1. The molecule has 4 rings (SSSR count). The lowest BCUT2D eigenvalue weighted by Crippen LogP contribution is -2.42. The topological polar surface area (TPSA) is 109 Å². The predicted octanol–water partition coefficient (Wildman–Crippen LogP) is 2.12. The number of carbonyl (C=O) groups is 2. The van der Waals surface area contributed by atoms with E-state index in [4.69, 9.17) is 0 Å². The zero-order valence-corrected chi connectivity index (χ0v) is 17.5. The molecule has 2 aromatic rings. The van der Waals surface area contributed by atoms with E-state index in [2.05, 4.69) is 15.4 Å². The SMILES string of the molecule is CSc1nc2ccc(NC(=O)C3=NN([C@H]4CCS(=O)(=O)C4)C(=O)CC3)cc2s1. The highest BCUT2D eigenvalue weighted by Crippen LogP contribution is 2.30. The van der Waals surface area contributed by atoms with Crippen molar-refractivity contribution in [3.8, 4) is 0 Å². The van der Waals surface area contributed by atoms with E-state index in [0.717, 1.165) is 14.6 Å². The van der Waals surface area contributed by atoms with E-state index in [1.807, 2.05) is 18.4 Å². The van der Waals surface area contributed by atoms with Gasteiger partial charge < -0.3 is 5.32 Å². The summed E-state index contributed by atoms with van der Waals surface area (Å²) >= 11 is 3.12. The van der Waals surface area contributed by atoms with Gasteiger partial charge in [0.05, 0.1) is 27.8 Å². The third kappa shape index (κ3) is 3.91. The number of rotatable bonds is 4. The fraction of sp³-hybridized carbons (Fsp3) is 0.412. The summed E-state index contributed by atoms with van der Waals surface area (Å²) in [5.74, 6) is -0.677. The highest BCUT2D eigenvalue weighted by atomic mass is 32.2. The highest BCUT2D eigenvalue weighted by Gasteiger charge is 2.37. The van der Waals surface area contributed by atoms with Crippen LogP contribution in [0.25, 0.3) is 10.2 Å². The van der Waals surface area contributed by atoms with Crippen LogP contribution in [-0.2, 0) is 19.4 Å². The number of hydrazone groups is 1. The smallest absolute Gasteiger partial charge is 0.271 e. The van der Waals surface area contributed by atoms with Crippen LogP contribution in [0.3, 0.4) is 0 Å². The molecule has 2 aliphatic rings. The van der Waals surface area contributed by atoms with Crippen LogP contribution in [0.4, 0.5) is 5.69 Å². The Balaban J connectivity index is 1.52. The van der Waals surface area contributed by atoms with Gasteiger partial charge in [0.2, 0.25) is 5.91 Å². The van der Waals surface area contributed by atoms with Crippen LogP contribution in [0.1, 0.15) is 19.3 Å². The molecule has 11 heteroatoms. The molecule has 8 nitrogen and oxygen atoms in total. The summed E-state index contributed by atoms with van der Waals surface area (Å²) in [6.07, 6.45) is 2.70. The number of thioether (sulfide) groups is 1. The summed E-state index contributed by atoms with van der Waals surface area (Å²) in [5.41, 5.74) is 1.74. The minimum atomic E-state index is -3.15. The molecule has 3 heterocycles. The minimum Gasteiger partial charge on any atom is -0.321 e. The third-order valence-electron chi connectivity index (χ3n) is 4.68. The molecule has 0 bridgehead atoms. The minimum absolute atomic E-state index is 0.0470. The van der Waals surface area contributed by atoms with Gasteiger partial charge in [0.25, 0.3) is 5.91 Å². The zero-order chi connectivity index (χ0) is 19.9. The van der Waals surface area contributed by atoms with Gasteiger partial charge in [-0.05, 0) is 30.9 Å². The van der Waals surface area contributed by atoms with E-state index in [1.54, 1.807) is 29.2 Å². The first-order valence-electron chi connectivity index (χ1n) is 8.70. The van der Waals surface area contributed by atoms with Gasteiger partial charge in [0, 0.05) is 18.5 Å². The molecular weight excluding hydrogens is 420 g/mol. The Labute approximate surface area is 170 Å². The molecule has 0 unspecified atom stereocenters. The molecule has 28 heavy (non-hydrogen) atoms. The van der Waals surface area contributed by atoms with Crippen molar-refractivity contribution in [2.45, 2.75) is 29.6 Å². The highest BCUT2D eigenvalue weighted by molar-refractivity contribution is 8.00. The Hall–Kier alpha value is -1.98. The predicted molar refractivity (Wildman–Crippen MR) is 111 cm³/mol. The zero-order valence-electron chi connectivity index (χ0n) is 15.0. The van der Waals surface area contributed by atoms with Gasteiger partial charge in [0.1, 0.15) is 5.71 Å². The number of benzene rings is 1. The van der Waals surface area contributed by atoms with Crippen molar-refractivity contribution in [2.24, 2.45) is 5.10 Å². The summed E-state index contributed by atoms with van der Waals surface area (Å²) in [6.45, 7) is 0. The molecule has 0 spiro atoms. The van der Waals surface area contributed by atoms with E-state index in [1.165, 1.54) is 5.01 Å². The second-order valence-electron chi connectivity index (χ2n) is 6.66. The summed E-state index contributed by atoms with van der Waals surface area (Å²) in [4.78, 5) is 29.3. The van der Waals surface area contributed by atoms with Gasteiger partial charge in [-0.3, -0.25) is 9.59 Å². The molecule has 0 saturated carbocycles. The van der Waals surface area contributed by atoms with E-state index < -0.39 is 15.9 Å². The van der Waals surface area contributed by atoms with Crippen molar-refractivity contribution in [1.82, 2.24) is 9.99 Å². The second kappa shape index (κ2) is 7.45. The molecule has 1 saturated heterocycles. The van der Waals surface area contributed by atoms with Crippen molar-refractivity contribution in [3.63, 3.8) is 0 Å². The van der Waals surface area contributed by atoms with Crippen LogP contribution in [0.2, 0.25) is 0 Å². The Morgan fingerprint density at radius 2 is 2.18 bits per heavy atom. The van der Waals surface area contributed by atoms with Crippen LogP contribution >= 0.6 is 23.1 Å². The van der Waals surface area contributed by atoms with Crippen LogP contribution in [0, 0.1) is 0 Å². The van der Waals surface area contributed by atoms with Crippen LogP contribution in [0.5, 0.6) is 0 Å². The van der Waals surface area contributed by atoms with Crippen LogP contribution in [-0.4, -0.2) is 59.7 Å².